The largest absolute Gasteiger partial charge is 0.494 e. The van der Waals surface area contributed by atoms with Crippen LogP contribution in [0.5, 0.6) is 5.75 Å². The first-order chi connectivity index (χ1) is 11.2. The van der Waals surface area contributed by atoms with Gasteiger partial charge in [-0.3, -0.25) is 0 Å². The zero-order chi connectivity index (χ0) is 16.4. The number of halogens is 2. The molecule has 0 radical (unpaired) electrons. The van der Waals surface area contributed by atoms with Crippen LogP contribution in [0.15, 0.2) is 12.1 Å². The number of methoxy groups -OCH3 is 1. The first kappa shape index (κ1) is 16.7. The maximum Gasteiger partial charge on any atom is 0.200 e. The van der Waals surface area contributed by atoms with E-state index in [9.17, 15) is 8.78 Å². The van der Waals surface area contributed by atoms with Crippen LogP contribution in [0.2, 0.25) is 0 Å². The van der Waals surface area contributed by atoms with Crippen LogP contribution in [0.1, 0.15) is 57.4 Å². The minimum Gasteiger partial charge on any atom is -0.494 e. The van der Waals surface area contributed by atoms with Gasteiger partial charge in [-0.15, -0.1) is 0 Å². The standard InChI is InChI=1S/C20H28F2O/c1-3-4-13-7-10-17-14(8-11-16(13)17)5-6-15-9-12-18(23-2)20(22)19(15)21/h9,12-14,16-17H,3-8,10-11H2,1-2H3. The molecule has 2 aliphatic carbocycles. The van der Waals surface area contributed by atoms with Gasteiger partial charge < -0.3 is 4.74 Å². The van der Waals surface area contributed by atoms with Crippen molar-refractivity contribution in [2.75, 3.05) is 7.11 Å². The van der Waals surface area contributed by atoms with E-state index in [1.807, 2.05) is 0 Å². The molecule has 2 aliphatic rings. The van der Waals surface area contributed by atoms with E-state index in [1.54, 1.807) is 6.07 Å². The van der Waals surface area contributed by atoms with Gasteiger partial charge >= 0.3 is 0 Å². The molecule has 23 heavy (non-hydrogen) atoms. The van der Waals surface area contributed by atoms with Gasteiger partial charge in [0.25, 0.3) is 0 Å². The summed E-state index contributed by atoms with van der Waals surface area (Å²) < 4.78 is 32.7. The van der Waals surface area contributed by atoms with Crippen molar-refractivity contribution >= 4 is 0 Å². The van der Waals surface area contributed by atoms with E-state index in [2.05, 4.69) is 6.92 Å². The van der Waals surface area contributed by atoms with Crippen molar-refractivity contribution in [3.8, 4) is 5.75 Å². The van der Waals surface area contributed by atoms with Gasteiger partial charge in [-0.05, 0) is 73.8 Å². The van der Waals surface area contributed by atoms with E-state index >= 15 is 0 Å². The Bertz CT molecular complexity index is 543. The van der Waals surface area contributed by atoms with Crippen LogP contribution >= 0.6 is 0 Å². The highest BCUT2D eigenvalue weighted by molar-refractivity contribution is 5.31. The Balaban J connectivity index is 1.61. The molecule has 128 valence electrons. The molecule has 0 amide bonds. The fraction of sp³-hybridized carbons (Fsp3) is 0.700. The second-order valence-electron chi connectivity index (χ2n) is 7.38. The fourth-order valence-corrected chi connectivity index (χ4v) is 5.19. The lowest BCUT2D eigenvalue weighted by Crippen LogP contribution is -2.14. The molecule has 4 unspecified atom stereocenters. The molecule has 4 atom stereocenters. The molecule has 0 N–H and O–H groups in total. The molecule has 0 spiro atoms. The zero-order valence-corrected chi connectivity index (χ0v) is 14.3. The SMILES string of the molecule is CCCC1CCC2C(CCc3ccc(OC)c(F)c3F)CCC12. The first-order valence-electron chi connectivity index (χ1n) is 9.16. The highest BCUT2D eigenvalue weighted by Crippen LogP contribution is 2.53. The van der Waals surface area contributed by atoms with Gasteiger partial charge in [0.15, 0.2) is 11.6 Å². The Hall–Kier alpha value is -1.12. The molecule has 1 nitrogen and oxygen atoms in total. The lowest BCUT2D eigenvalue weighted by molar-refractivity contribution is 0.293. The molecule has 3 rings (SSSR count). The van der Waals surface area contributed by atoms with Crippen LogP contribution in [0, 0.1) is 35.3 Å². The number of ether oxygens (including phenoxy) is 1. The summed E-state index contributed by atoms with van der Waals surface area (Å²) in [4.78, 5) is 0. The van der Waals surface area contributed by atoms with Crippen LogP contribution in [-0.4, -0.2) is 7.11 Å². The number of benzene rings is 1. The summed E-state index contributed by atoms with van der Waals surface area (Å²) >= 11 is 0. The quantitative estimate of drug-likeness (QED) is 0.647. The Morgan fingerprint density at radius 2 is 1.61 bits per heavy atom. The number of rotatable bonds is 6. The summed E-state index contributed by atoms with van der Waals surface area (Å²) in [5.74, 6) is 1.77. The van der Waals surface area contributed by atoms with Crippen LogP contribution < -0.4 is 4.74 Å². The normalized spacial score (nSPS) is 29.7. The Morgan fingerprint density at radius 1 is 0.957 bits per heavy atom. The minimum atomic E-state index is -0.849. The molecule has 0 saturated heterocycles. The number of hydrogen-bond acceptors (Lipinski definition) is 1. The van der Waals surface area contributed by atoms with Crippen molar-refractivity contribution in [2.45, 2.75) is 58.3 Å². The molecule has 0 aromatic heterocycles. The van der Waals surface area contributed by atoms with Crippen molar-refractivity contribution in [2.24, 2.45) is 23.7 Å². The van der Waals surface area contributed by atoms with Gasteiger partial charge in [-0.1, -0.05) is 25.8 Å². The van der Waals surface area contributed by atoms with Crippen LogP contribution in [0.3, 0.4) is 0 Å². The van der Waals surface area contributed by atoms with Gasteiger partial charge in [0.2, 0.25) is 5.82 Å². The zero-order valence-electron chi connectivity index (χ0n) is 14.3. The average molecular weight is 322 g/mol. The van der Waals surface area contributed by atoms with E-state index in [4.69, 9.17) is 4.74 Å². The monoisotopic (exact) mass is 322 g/mol. The molecule has 3 heteroatoms. The predicted molar refractivity (Wildman–Crippen MR) is 88.6 cm³/mol. The third-order valence-corrected chi connectivity index (χ3v) is 6.29. The summed E-state index contributed by atoms with van der Waals surface area (Å²) in [6.07, 6.45) is 9.63. The molecule has 0 aliphatic heterocycles. The van der Waals surface area contributed by atoms with E-state index in [1.165, 1.54) is 51.7 Å². The Labute approximate surface area is 138 Å². The molecule has 1 aromatic rings. The fourth-order valence-electron chi connectivity index (χ4n) is 5.19. The van der Waals surface area contributed by atoms with Gasteiger partial charge in [0.1, 0.15) is 0 Å². The molecular weight excluding hydrogens is 294 g/mol. The summed E-state index contributed by atoms with van der Waals surface area (Å²) in [5, 5.41) is 0. The third kappa shape index (κ3) is 3.25. The summed E-state index contributed by atoms with van der Waals surface area (Å²) in [6.45, 7) is 2.28. The van der Waals surface area contributed by atoms with E-state index in [0.717, 1.165) is 24.2 Å². The van der Waals surface area contributed by atoms with Gasteiger partial charge in [-0.2, -0.15) is 4.39 Å². The topological polar surface area (TPSA) is 9.23 Å². The number of hydrogen-bond donors (Lipinski definition) is 0. The molecule has 0 heterocycles. The maximum absolute atomic E-state index is 14.1. The van der Waals surface area contributed by atoms with Crippen molar-refractivity contribution in [3.63, 3.8) is 0 Å². The number of aryl methyl sites for hydroxylation is 1. The minimum absolute atomic E-state index is 0.00891. The van der Waals surface area contributed by atoms with Gasteiger partial charge in [-0.25, -0.2) is 4.39 Å². The highest BCUT2D eigenvalue weighted by Gasteiger charge is 2.43. The molecule has 1 aromatic carbocycles. The molecule has 2 fully saturated rings. The van der Waals surface area contributed by atoms with E-state index in [-0.39, 0.29) is 5.75 Å². The highest BCUT2D eigenvalue weighted by atomic mass is 19.2. The molecule has 0 bridgehead atoms. The van der Waals surface area contributed by atoms with Gasteiger partial charge in [0, 0.05) is 0 Å². The maximum atomic E-state index is 14.1. The van der Waals surface area contributed by atoms with Crippen LogP contribution in [0.25, 0.3) is 0 Å². The molecule has 2 saturated carbocycles. The summed E-state index contributed by atoms with van der Waals surface area (Å²) in [7, 11) is 1.36. The Morgan fingerprint density at radius 3 is 2.22 bits per heavy atom. The average Bonchev–Trinajstić information content (AvgIpc) is 3.13. The van der Waals surface area contributed by atoms with Crippen molar-refractivity contribution in [1.29, 1.82) is 0 Å². The Kier molecular flexibility index (Phi) is 5.23. The first-order valence-corrected chi connectivity index (χ1v) is 9.16. The second-order valence-corrected chi connectivity index (χ2v) is 7.38. The molecular formula is C20H28F2O. The summed E-state index contributed by atoms with van der Waals surface area (Å²) in [5.41, 5.74) is 0.495. The predicted octanol–water partition coefficient (Wildman–Crippen LogP) is 5.76. The second kappa shape index (κ2) is 7.19. The smallest absolute Gasteiger partial charge is 0.200 e. The number of fused-ring (bicyclic) bond motifs is 1. The van der Waals surface area contributed by atoms with Crippen LogP contribution in [0.4, 0.5) is 8.78 Å². The van der Waals surface area contributed by atoms with E-state index in [0.29, 0.717) is 17.9 Å². The van der Waals surface area contributed by atoms with Crippen molar-refractivity contribution in [1.82, 2.24) is 0 Å². The third-order valence-electron chi connectivity index (χ3n) is 6.29. The lowest BCUT2D eigenvalue weighted by Gasteiger charge is -2.21. The van der Waals surface area contributed by atoms with E-state index < -0.39 is 11.6 Å². The van der Waals surface area contributed by atoms with Crippen molar-refractivity contribution < 1.29 is 13.5 Å². The lowest BCUT2D eigenvalue weighted by atomic mass is 9.85. The van der Waals surface area contributed by atoms with Crippen molar-refractivity contribution in [3.05, 3.63) is 29.3 Å². The summed E-state index contributed by atoms with van der Waals surface area (Å²) in [6, 6.07) is 3.22. The van der Waals surface area contributed by atoms with Crippen LogP contribution in [-0.2, 0) is 6.42 Å². The van der Waals surface area contributed by atoms with Gasteiger partial charge in [0.05, 0.1) is 7.11 Å².